The van der Waals surface area contributed by atoms with Crippen LogP contribution < -0.4 is 21.2 Å². The molecule has 2 heteroatoms. The molecule has 0 saturated heterocycles. The van der Waals surface area contributed by atoms with Crippen molar-refractivity contribution in [1.82, 2.24) is 0 Å². The topological polar surface area (TPSA) is 0 Å². The van der Waals surface area contributed by atoms with E-state index in [-0.39, 0.29) is 21.2 Å². The summed E-state index contributed by atoms with van der Waals surface area (Å²) in [6, 6.07) is 13.3. The van der Waals surface area contributed by atoms with Gasteiger partial charge < -0.3 is 0 Å². The highest BCUT2D eigenvalue weighted by atomic mass is 127. The molecule has 0 N–H and O–H groups in total. The average molecular weight is 442 g/mol. The number of hydrogen-bond acceptors (Lipinski definition) is 0. The maximum absolute atomic E-state index is 6.05. The third-order valence-electron chi connectivity index (χ3n) is 4.07. The first-order valence-electron chi connectivity index (χ1n) is 8.37. The SMILES string of the molecule is CC(C)c1cc(C(C)C)c([I+]c2ccc(Cl)cc2)c(C(C)C)c1. The van der Waals surface area contributed by atoms with E-state index in [1.807, 2.05) is 12.1 Å². The van der Waals surface area contributed by atoms with Crippen molar-refractivity contribution in [1.29, 1.82) is 0 Å². The highest BCUT2D eigenvalue weighted by Gasteiger charge is 2.28. The zero-order valence-electron chi connectivity index (χ0n) is 15.0. The van der Waals surface area contributed by atoms with Crippen molar-refractivity contribution in [3.05, 3.63) is 65.3 Å². The Morgan fingerprint density at radius 3 is 1.61 bits per heavy atom. The molecule has 0 nitrogen and oxygen atoms in total. The molecule has 2 rings (SSSR count). The second kappa shape index (κ2) is 8.02. The molecule has 124 valence electrons. The fraction of sp³-hybridized carbons (Fsp3) is 0.429. The van der Waals surface area contributed by atoms with Crippen molar-refractivity contribution in [2.24, 2.45) is 0 Å². The lowest BCUT2D eigenvalue weighted by Crippen LogP contribution is -3.62. The van der Waals surface area contributed by atoms with Gasteiger partial charge in [-0.15, -0.1) is 0 Å². The van der Waals surface area contributed by atoms with Gasteiger partial charge in [-0.05, 0) is 47.6 Å². The monoisotopic (exact) mass is 441 g/mol. The van der Waals surface area contributed by atoms with Gasteiger partial charge in [0.25, 0.3) is 0 Å². The van der Waals surface area contributed by atoms with Crippen LogP contribution in [0.5, 0.6) is 0 Å². The molecule has 0 aliphatic heterocycles. The summed E-state index contributed by atoms with van der Waals surface area (Å²) < 4.78 is 3.05. The van der Waals surface area contributed by atoms with Crippen molar-refractivity contribution in [2.75, 3.05) is 0 Å². The van der Waals surface area contributed by atoms with Crippen molar-refractivity contribution < 1.29 is 21.2 Å². The quantitative estimate of drug-likeness (QED) is 0.619. The summed E-state index contributed by atoms with van der Waals surface area (Å²) >= 11 is 5.86. The van der Waals surface area contributed by atoms with Crippen LogP contribution in [0.2, 0.25) is 5.02 Å². The van der Waals surface area contributed by atoms with Crippen molar-refractivity contribution in [3.8, 4) is 0 Å². The number of hydrogen-bond donors (Lipinski definition) is 0. The molecule has 0 saturated carbocycles. The van der Waals surface area contributed by atoms with E-state index in [0.717, 1.165) is 5.02 Å². The molecule has 0 aliphatic rings. The van der Waals surface area contributed by atoms with Gasteiger partial charge in [-0.25, -0.2) is 0 Å². The Labute approximate surface area is 156 Å². The third-order valence-corrected chi connectivity index (χ3v) is 7.45. The Balaban J connectivity index is 2.56. The van der Waals surface area contributed by atoms with Crippen LogP contribution in [0.15, 0.2) is 36.4 Å². The maximum Gasteiger partial charge on any atom is 0.358 e. The first kappa shape index (κ1) is 18.8. The molecule has 0 aliphatic carbocycles. The Kier molecular flexibility index (Phi) is 6.56. The van der Waals surface area contributed by atoms with E-state index in [2.05, 4.69) is 65.8 Å². The lowest BCUT2D eigenvalue weighted by Gasteiger charge is -2.17. The first-order chi connectivity index (χ1) is 10.8. The second-order valence-corrected chi connectivity index (χ2v) is 10.3. The van der Waals surface area contributed by atoms with Gasteiger partial charge in [0.1, 0.15) is 0 Å². The van der Waals surface area contributed by atoms with Gasteiger partial charge in [-0.2, -0.15) is 0 Å². The molecule has 0 aromatic heterocycles. The Morgan fingerprint density at radius 1 is 0.739 bits per heavy atom. The lowest BCUT2D eigenvalue weighted by molar-refractivity contribution is -0.599. The van der Waals surface area contributed by atoms with Gasteiger partial charge in [0.15, 0.2) is 3.57 Å². The van der Waals surface area contributed by atoms with E-state index in [4.69, 9.17) is 11.6 Å². The van der Waals surface area contributed by atoms with Gasteiger partial charge >= 0.3 is 21.2 Å². The highest BCUT2D eigenvalue weighted by Crippen LogP contribution is 2.27. The number of rotatable bonds is 5. The van der Waals surface area contributed by atoms with Crippen LogP contribution in [0.4, 0.5) is 0 Å². The van der Waals surface area contributed by atoms with Crippen LogP contribution in [0.25, 0.3) is 0 Å². The average Bonchev–Trinajstić information content (AvgIpc) is 2.48. The minimum Gasteiger partial charge on any atom is -0.0843 e. The summed E-state index contributed by atoms with van der Waals surface area (Å²) in [6.07, 6.45) is 0. The molecular formula is C21H27ClI+. The molecule has 2 aromatic carbocycles. The zero-order chi connectivity index (χ0) is 17.1. The van der Waals surface area contributed by atoms with Crippen LogP contribution >= 0.6 is 11.6 Å². The molecular weight excluding hydrogens is 415 g/mol. The van der Waals surface area contributed by atoms with Gasteiger partial charge in [0.05, 0.1) is 0 Å². The second-order valence-electron chi connectivity index (χ2n) is 7.01. The zero-order valence-corrected chi connectivity index (χ0v) is 17.9. The Morgan fingerprint density at radius 2 is 1.22 bits per heavy atom. The van der Waals surface area contributed by atoms with E-state index in [0.29, 0.717) is 17.8 Å². The smallest absolute Gasteiger partial charge is 0.0843 e. The molecule has 0 radical (unpaired) electrons. The van der Waals surface area contributed by atoms with Crippen LogP contribution in [0.3, 0.4) is 0 Å². The molecule has 0 heterocycles. The summed E-state index contributed by atoms with van der Waals surface area (Å²) in [5.74, 6) is 1.70. The van der Waals surface area contributed by atoms with Gasteiger partial charge in [0.2, 0.25) is 3.57 Å². The van der Waals surface area contributed by atoms with Crippen molar-refractivity contribution in [3.63, 3.8) is 0 Å². The third kappa shape index (κ3) is 4.73. The van der Waals surface area contributed by atoms with Gasteiger partial charge in [0, 0.05) is 16.1 Å². The molecule has 0 unspecified atom stereocenters. The van der Waals surface area contributed by atoms with Crippen molar-refractivity contribution in [2.45, 2.75) is 59.3 Å². The van der Waals surface area contributed by atoms with Crippen LogP contribution in [-0.4, -0.2) is 0 Å². The molecule has 0 fully saturated rings. The van der Waals surface area contributed by atoms with E-state index < -0.39 is 0 Å². The van der Waals surface area contributed by atoms with Crippen molar-refractivity contribution >= 4 is 11.6 Å². The molecule has 0 spiro atoms. The van der Waals surface area contributed by atoms with Gasteiger partial charge in [-0.1, -0.05) is 65.3 Å². The highest BCUT2D eigenvalue weighted by molar-refractivity contribution is 6.30. The standard InChI is InChI=1S/C21H27ClI/c1-13(2)16-11-19(14(3)4)21(20(12-16)15(5)6)23-18-9-7-17(22)8-10-18/h7-15H,1-6H3/q+1. The van der Waals surface area contributed by atoms with Crippen LogP contribution in [0.1, 0.15) is 76.0 Å². The molecule has 2 aromatic rings. The Hall–Kier alpha value is -0.540. The molecule has 0 amide bonds. The summed E-state index contributed by atoms with van der Waals surface area (Å²) in [7, 11) is 0. The number of benzene rings is 2. The fourth-order valence-electron chi connectivity index (χ4n) is 2.58. The molecule has 0 bridgehead atoms. The van der Waals surface area contributed by atoms with Crippen LogP contribution in [-0.2, 0) is 0 Å². The lowest BCUT2D eigenvalue weighted by atomic mass is 9.90. The van der Waals surface area contributed by atoms with Gasteiger partial charge in [-0.3, -0.25) is 0 Å². The predicted molar refractivity (Wildman–Crippen MR) is 97.6 cm³/mol. The largest absolute Gasteiger partial charge is 0.358 e. The first-order valence-corrected chi connectivity index (χ1v) is 10.9. The molecule has 23 heavy (non-hydrogen) atoms. The normalized spacial score (nSPS) is 11.7. The Bertz CT molecular complexity index is 625. The van der Waals surface area contributed by atoms with E-state index in [9.17, 15) is 0 Å². The molecule has 0 atom stereocenters. The fourth-order valence-corrected chi connectivity index (χ4v) is 6.23. The van der Waals surface area contributed by atoms with E-state index in [1.54, 1.807) is 14.7 Å². The van der Waals surface area contributed by atoms with E-state index in [1.165, 1.54) is 9.13 Å². The summed E-state index contributed by atoms with van der Waals surface area (Å²) in [6.45, 7) is 13.9. The summed E-state index contributed by atoms with van der Waals surface area (Å²) in [5, 5.41) is 0.820. The minimum atomic E-state index is -0.186. The number of halogens is 2. The van der Waals surface area contributed by atoms with Crippen LogP contribution in [0, 0.1) is 7.14 Å². The van der Waals surface area contributed by atoms with E-state index >= 15 is 0 Å². The predicted octanol–water partition coefficient (Wildman–Crippen LogP) is 3.84. The maximum atomic E-state index is 6.05. The minimum absolute atomic E-state index is 0.186. The summed E-state index contributed by atoms with van der Waals surface area (Å²) in [5.41, 5.74) is 4.56. The summed E-state index contributed by atoms with van der Waals surface area (Å²) in [4.78, 5) is 0.